The fourth-order valence-corrected chi connectivity index (χ4v) is 5.74. The van der Waals surface area contributed by atoms with E-state index in [-0.39, 0.29) is 10.8 Å². The normalized spacial score (nSPS) is 24.0. The first-order valence-electron chi connectivity index (χ1n) is 8.29. The molecule has 1 heterocycles. The molecule has 2 aliphatic rings. The molecule has 126 valence electrons. The van der Waals surface area contributed by atoms with E-state index in [0.717, 1.165) is 47.1 Å². The van der Waals surface area contributed by atoms with Crippen LogP contribution in [0.5, 0.6) is 0 Å². The highest BCUT2D eigenvalue weighted by molar-refractivity contribution is 7.98. The SMILES string of the molecule is CSc1nc(Cl)c2c(n1)C(C)(C)C1(CCc3c(Cl)cccc31)CC2. The van der Waals surface area contributed by atoms with Gasteiger partial charge in [-0.1, -0.05) is 60.9 Å². The van der Waals surface area contributed by atoms with Crippen LogP contribution in [0.3, 0.4) is 0 Å². The highest BCUT2D eigenvalue weighted by Gasteiger charge is 2.54. The smallest absolute Gasteiger partial charge is 0.188 e. The van der Waals surface area contributed by atoms with E-state index in [9.17, 15) is 0 Å². The van der Waals surface area contributed by atoms with Gasteiger partial charge < -0.3 is 0 Å². The van der Waals surface area contributed by atoms with E-state index in [4.69, 9.17) is 28.2 Å². The second kappa shape index (κ2) is 5.62. The number of fused-ring (bicyclic) bond motifs is 3. The van der Waals surface area contributed by atoms with Crippen LogP contribution in [-0.2, 0) is 23.7 Å². The fraction of sp³-hybridized carbons (Fsp3) is 0.474. The minimum absolute atomic E-state index is 0.0770. The lowest BCUT2D eigenvalue weighted by atomic mass is 9.55. The van der Waals surface area contributed by atoms with Crippen LogP contribution in [0.25, 0.3) is 0 Å². The number of nitrogens with zero attached hydrogens (tertiary/aromatic N) is 2. The zero-order chi connectivity index (χ0) is 17.1. The van der Waals surface area contributed by atoms with Crippen molar-refractivity contribution in [2.45, 2.75) is 55.5 Å². The Morgan fingerprint density at radius 1 is 1.04 bits per heavy atom. The minimum Gasteiger partial charge on any atom is -0.227 e. The molecule has 1 unspecified atom stereocenters. The monoisotopic (exact) mass is 378 g/mol. The molecule has 1 aromatic heterocycles. The Kier molecular flexibility index (Phi) is 3.91. The highest BCUT2D eigenvalue weighted by atomic mass is 35.5. The third kappa shape index (κ3) is 2.11. The van der Waals surface area contributed by atoms with E-state index in [1.54, 1.807) is 11.8 Å². The Bertz CT molecular complexity index is 834. The molecule has 0 saturated carbocycles. The van der Waals surface area contributed by atoms with Crippen LogP contribution in [0.1, 0.15) is 49.1 Å². The summed E-state index contributed by atoms with van der Waals surface area (Å²) >= 11 is 14.5. The number of rotatable bonds is 1. The molecular weight excluding hydrogens is 359 g/mol. The van der Waals surface area contributed by atoms with Gasteiger partial charge in [-0.3, -0.25) is 0 Å². The highest BCUT2D eigenvalue weighted by Crippen LogP contribution is 2.58. The molecule has 0 amide bonds. The lowest BCUT2D eigenvalue weighted by Crippen LogP contribution is -2.48. The van der Waals surface area contributed by atoms with E-state index in [1.165, 1.54) is 11.1 Å². The summed E-state index contributed by atoms with van der Waals surface area (Å²) in [6.07, 6.45) is 6.16. The van der Waals surface area contributed by atoms with E-state index < -0.39 is 0 Å². The summed E-state index contributed by atoms with van der Waals surface area (Å²) in [5.41, 5.74) is 4.94. The third-order valence-electron chi connectivity index (χ3n) is 6.15. The van der Waals surface area contributed by atoms with Gasteiger partial charge in [0, 0.05) is 21.4 Å². The van der Waals surface area contributed by atoms with Gasteiger partial charge in [0.1, 0.15) is 5.15 Å². The molecule has 5 heteroatoms. The molecule has 2 nitrogen and oxygen atoms in total. The van der Waals surface area contributed by atoms with E-state index in [0.29, 0.717) is 5.15 Å². The van der Waals surface area contributed by atoms with Crippen molar-refractivity contribution >= 4 is 35.0 Å². The summed E-state index contributed by atoms with van der Waals surface area (Å²) in [7, 11) is 0. The summed E-state index contributed by atoms with van der Waals surface area (Å²) in [6, 6.07) is 6.35. The molecule has 1 atom stereocenters. The lowest BCUT2D eigenvalue weighted by molar-refractivity contribution is 0.206. The maximum Gasteiger partial charge on any atom is 0.188 e. The maximum absolute atomic E-state index is 6.49. The van der Waals surface area contributed by atoms with Gasteiger partial charge in [-0.05, 0) is 49.1 Å². The topological polar surface area (TPSA) is 25.8 Å². The molecular formula is C19H20Cl2N2S. The third-order valence-corrected chi connectivity index (χ3v) is 7.36. The zero-order valence-electron chi connectivity index (χ0n) is 14.1. The van der Waals surface area contributed by atoms with Gasteiger partial charge in [0.2, 0.25) is 0 Å². The van der Waals surface area contributed by atoms with Crippen LogP contribution >= 0.6 is 35.0 Å². The van der Waals surface area contributed by atoms with Crippen LogP contribution in [0, 0.1) is 0 Å². The molecule has 1 spiro atoms. The molecule has 0 N–H and O–H groups in total. The summed E-state index contributed by atoms with van der Waals surface area (Å²) in [5.74, 6) is 0. The second-order valence-electron chi connectivity index (χ2n) is 7.30. The summed E-state index contributed by atoms with van der Waals surface area (Å²) < 4.78 is 0. The second-order valence-corrected chi connectivity index (χ2v) is 8.84. The average Bonchev–Trinajstić information content (AvgIpc) is 2.93. The van der Waals surface area contributed by atoms with Crippen molar-refractivity contribution in [1.29, 1.82) is 0 Å². The number of halogens is 2. The summed E-state index contributed by atoms with van der Waals surface area (Å²) in [4.78, 5) is 9.33. The van der Waals surface area contributed by atoms with Crippen LogP contribution in [-0.4, -0.2) is 16.2 Å². The van der Waals surface area contributed by atoms with Crippen LogP contribution in [0.15, 0.2) is 23.4 Å². The number of hydrogen-bond acceptors (Lipinski definition) is 3. The molecule has 1 aromatic carbocycles. The number of benzene rings is 1. The predicted octanol–water partition coefficient (Wildman–Crippen LogP) is 5.61. The Morgan fingerprint density at radius 3 is 2.46 bits per heavy atom. The van der Waals surface area contributed by atoms with Gasteiger partial charge in [-0.25, -0.2) is 9.97 Å². The van der Waals surface area contributed by atoms with Crippen molar-refractivity contribution in [1.82, 2.24) is 9.97 Å². The molecule has 0 radical (unpaired) electrons. The largest absolute Gasteiger partial charge is 0.227 e. The fourth-order valence-electron chi connectivity index (χ4n) is 4.79. The Labute approximate surface area is 157 Å². The van der Waals surface area contributed by atoms with Gasteiger partial charge in [-0.2, -0.15) is 0 Å². The predicted molar refractivity (Wildman–Crippen MR) is 102 cm³/mol. The summed E-state index contributed by atoms with van der Waals surface area (Å²) in [6.45, 7) is 4.63. The van der Waals surface area contributed by atoms with Crippen molar-refractivity contribution in [3.63, 3.8) is 0 Å². The minimum atomic E-state index is -0.104. The standard InChI is InChI=1S/C19H20Cl2N2S/c1-18(2)15-12(16(21)23-17(22-15)24-3)8-10-19(18)9-7-11-13(19)5-4-6-14(11)20/h4-6H,7-10H2,1-3H3. The first kappa shape index (κ1) is 16.7. The van der Waals surface area contributed by atoms with E-state index >= 15 is 0 Å². The lowest BCUT2D eigenvalue weighted by Gasteiger charge is -2.49. The van der Waals surface area contributed by atoms with Gasteiger partial charge in [-0.15, -0.1) is 0 Å². The van der Waals surface area contributed by atoms with Crippen molar-refractivity contribution in [3.8, 4) is 0 Å². The van der Waals surface area contributed by atoms with Crippen LogP contribution in [0.2, 0.25) is 10.2 Å². The number of aromatic nitrogens is 2. The van der Waals surface area contributed by atoms with Crippen LogP contribution < -0.4 is 0 Å². The van der Waals surface area contributed by atoms with Crippen LogP contribution in [0.4, 0.5) is 0 Å². The average molecular weight is 379 g/mol. The van der Waals surface area contributed by atoms with Crippen molar-refractivity contribution in [2.24, 2.45) is 0 Å². The molecule has 24 heavy (non-hydrogen) atoms. The molecule has 0 aliphatic heterocycles. The Hall–Kier alpha value is -0.770. The molecule has 0 fully saturated rings. The molecule has 2 aliphatic carbocycles. The quantitative estimate of drug-likeness (QED) is 0.366. The van der Waals surface area contributed by atoms with E-state index in [1.807, 2.05) is 12.3 Å². The Morgan fingerprint density at radius 2 is 1.75 bits per heavy atom. The van der Waals surface area contributed by atoms with Gasteiger partial charge >= 0.3 is 0 Å². The van der Waals surface area contributed by atoms with E-state index in [2.05, 4.69) is 31.0 Å². The summed E-state index contributed by atoms with van der Waals surface area (Å²) in [5, 5.41) is 2.28. The zero-order valence-corrected chi connectivity index (χ0v) is 16.4. The molecule has 0 bridgehead atoms. The molecule has 2 aromatic rings. The van der Waals surface area contributed by atoms with Gasteiger partial charge in [0.15, 0.2) is 5.16 Å². The van der Waals surface area contributed by atoms with Gasteiger partial charge in [0.25, 0.3) is 0 Å². The van der Waals surface area contributed by atoms with Crippen molar-refractivity contribution < 1.29 is 0 Å². The van der Waals surface area contributed by atoms with Crippen molar-refractivity contribution in [3.05, 3.63) is 50.8 Å². The first-order chi connectivity index (χ1) is 11.4. The van der Waals surface area contributed by atoms with Crippen molar-refractivity contribution in [2.75, 3.05) is 6.26 Å². The maximum atomic E-state index is 6.49. The molecule has 0 saturated heterocycles. The van der Waals surface area contributed by atoms with Gasteiger partial charge in [0.05, 0.1) is 5.69 Å². The number of hydrogen-bond donors (Lipinski definition) is 0. The molecule has 4 rings (SSSR count). The number of thioether (sulfide) groups is 1. The first-order valence-corrected chi connectivity index (χ1v) is 10.3. The Balaban J connectivity index is 1.94.